The van der Waals surface area contributed by atoms with Gasteiger partial charge in [0.2, 0.25) is 5.91 Å². The summed E-state index contributed by atoms with van der Waals surface area (Å²) in [4.78, 5) is 32.1. The molecule has 0 saturated heterocycles. The van der Waals surface area contributed by atoms with Gasteiger partial charge < -0.3 is 15.9 Å². The van der Waals surface area contributed by atoms with E-state index in [4.69, 9.17) is 15.9 Å². The van der Waals surface area contributed by atoms with E-state index in [1.165, 1.54) is 6.07 Å². The number of amides is 1. The third-order valence-corrected chi connectivity index (χ3v) is 1.96. The maximum Gasteiger partial charge on any atom is 0.336 e. The van der Waals surface area contributed by atoms with Gasteiger partial charge in [-0.05, 0) is 29.8 Å². The van der Waals surface area contributed by atoms with E-state index in [0.29, 0.717) is 0 Å². The second kappa shape index (κ2) is 4.93. The lowest BCUT2D eigenvalue weighted by atomic mass is 10.0. The van der Waals surface area contributed by atoms with E-state index < -0.39 is 17.8 Å². The van der Waals surface area contributed by atoms with Crippen LogP contribution in [-0.2, 0) is 4.79 Å². The van der Waals surface area contributed by atoms with Crippen LogP contribution in [0, 0.1) is 0 Å². The molecule has 0 saturated carbocycles. The maximum absolute atomic E-state index is 10.9. The molecule has 0 aliphatic carbocycles. The third kappa shape index (κ3) is 3.16. The van der Waals surface area contributed by atoms with E-state index in [1.807, 2.05) is 0 Å². The highest BCUT2D eigenvalue weighted by Crippen LogP contribution is 2.14. The van der Waals surface area contributed by atoms with Crippen molar-refractivity contribution in [1.29, 1.82) is 0 Å². The lowest BCUT2D eigenvalue weighted by Crippen LogP contribution is -2.07. The molecule has 0 aliphatic rings. The van der Waals surface area contributed by atoms with Gasteiger partial charge in [-0.15, -0.1) is 0 Å². The van der Waals surface area contributed by atoms with Crippen molar-refractivity contribution < 1.29 is 24.6 Å². The molecule has 0 atom stereocenters. The highest BCUT2D eigenvalue weighted by Gasteiger charge is 2.11. The summed E-state index contributed by atoms with van der Waals surface area (Å²) in [6.45, 7) is 0. The summed E-state index contributed by atoms with van der Waals surface area (Å²) >= 11 is 0. The van der Waals surface area contributed by atoms with Crippen molar-refractivity contribution in [2.75, 3.05) is 0 Å². The van der Waals surface area contributed by atoms with Gasteiger partial charge in [0.25, 0.3) is 0 Å². The van der Waals surface area contributed by atoms with E-state index >= 15 is 0 Å². The van der Waals surface area contributed by atoms with Gasteiger partial charge in [-0.1, -0.05) is 0 Å². The van der Waals surface area contributed by atoms with Crippen LogP contribution in [0.4, 0.5) is 0 Å². The molecule has 0 bridgehead atoms. The molecule has 0 aliphatic heterocycles. The van der Waals surface area contributed by atoms with E-state index in [1.54, 1.807) is 0 Å². The Morgan fingerprint density at radius 1 is 1.12 bits per heavy atom. The Kier molecular flexibility index (Phi) is 3.61. The molecule has 1 amide bonds. The van der Waals surface area contributed by atoms with Crippen molar-refractivity contribution in [2.24, 2.45) is 5.73 Å². The van der Waals surface area contributed by atoms with Gasteiger partial charge in [0, 0.05) is 6.08 Å². The van der Waals surface area contributed by atoms with Crippen LogP contribution in [0.3, 0.4) is 0 Å². The first-order valence-corrected chi connectivity index (χ1v) is 4.50. The van der Waals surface area contributed by atoms with Crippen molar-refractivity contribution in [3.05, 3.63) is 41.0 Å². The molecule has 1 rings (SSSR count). The number of hydrogen-bond donors (Lipinski definition) is 3. The molecule has 1 aromatic rings. The molecule has 17 heavy (non-hydrogen) atoms. The Balaban J connectivity index is 3.30. The molecule has 0 heterocycles. The lowest BCUT2D eigenvalue weighted by Gasteiger charge is -2.02. The van der Waals surface area contributed by atoms with Crippen molar-refractivity contribution in [2.45, 2.75) is 0 Å². The van der Waals surface area contributed by atoms with Crippen molar-refractivity contribution in [1.82, 2.24) is 0 Å². The molecular formula is C11H9NO5. The van der Waals surface area contributed by atoms with Gasteiger partial charge in [0.1, 0.15) is 0 Å². The predicted molar refractivity (Wildman–Crippen MR) is 58.6 cm³/mol. The molecule has 0 unspecified atom stereocenters. The van der Waals surface area contributed by atoms with Crippen molar-refractivity contribution >= 4 is 23.9 Å². The number of hydrogen-bond acceptors (Lipinski definition) is 3. The van der Waals surface area contributed by atoms with Crippen LogP contribution < -0.4 is 5.73 Å². The van der Waals surface area contributed by atoms with E-state index in [0.717, 1.165) is 24.3 Å². The van der Waals surface area contributed by atoms with Crippen LogP contribution >= 0.6 is 0 Å². The molecule has 0 aromatic heterocycles. The first-order valence-electron chi connectivity index (χ1n) is 4.50. The second-order valence-corrected chi connectivity index (χ2v) is 3.15. The molecule has 1 aromatic carbocycles. The Bertz CT molecular complexity index is 519. The summed E-state index contributed by atoms with van der Waals surface area (Å²) < 4.78 is 0. The van der Waals surface area contributed by atoms with Crippen LogP contribution in [-0.4, -0.2) is 28.1 Å². The van der Waals surface area contributed by atoms with Gasteiger partial charge >= 0.3 is 11.9 Å². The third-order valence-electron chi connectivity index (χ3n) is 1.96. The Morgan fingerprint density at radius 2 is 1.76 bits per heavy atom. The van der Waals surface area contributed by atoms with Crippen molar-refractivity contribution in [3.8, 4) is 0 Å². The Labute approximate surface area is 96.0 Å². The van der Waals surface area contributed by atoms with Gasteiger partial charge in [-0.25, -0.2) is 9.59 Å². The van der Waals surface area contributed by atoms with E-state index in [2.05, 4.69) is 0 Å². The molecule has 88 valence electrons. The largest absolute Gasteiger partial charge is 0.478 e. The fraction of sp³-hybridized carbons (Fsp3) is 0. The number of benzene rings is 1. The smallest absolute Gasteiger partial charge is 0.336 e. The fourth-order valence-electron chi connectivity index (χ4n) is 1.20. The number of primary amides is 1. The van der Waals surface area contributed by atoms with Gasteiger partial charge in [0.15, 0.2) is 0 Å². The number of rotatable bonds is 4. The van der Waals surface area contributed by atoms with Gasteiger partial charge in [0.05, 0.1) is 11.1 Å². The summed E-state index contributed by atoms with van der Waals surface area (Å²) in [6, 6.07) is 3.49. The summed E-state index contributed by atoms with van der Waals surface area (Å²) in [5.41, 5.74) is 4.81. The van der Waals surface area contributed by atoms with Crippen LogP contribution in [0.25, 0.3) is 6.08 Å². The standard InChI is InChI=1S/C11H9NO5/c12-9(13)4-2-6-5-7(10(14)15)1-3-8(6)11(16)17/h1-5H,(H2,12,13)(H,14,15)(H,16,17). The quantitative estimate of drug-likeness (QED) is 0.660. The number of carbonyl (C=O) groups excluding carboxylic acids is 1. The molecule has 6 heteroatoms. The number of aromatic carboxylic acids is 2. The summed E-state index contributed by atoms with van der Waals surface area (Å²) in [7, 11) is 0. The SMILES string of the molecule is NC(=O)C=Cc1cc(C(=O)O)ccc1C(=O)O. The minimum atomic E-state index is -1.22. The molecule has 0 radical (unpaired) electrons. The number of carboxylic acids is 2. The van der Waals surface area contributed by atoms with E-state index in [-0.39, 0.29) is 16.7 Å². The first-order chi connectivity index (χ1) is 7.91. The topological polar surface area (TPSA) is 118 Å². The second-order valence-electron chi connectivity index (χ2n) is 3.15. The van der Waals surface area contributed by atoms with Crippen LogP contribution in [0.1, 0.15) is 26.3 Å². The minimum Gasteiger partial charge on any atom is -0.478 e. The fourth-order valence-corrected chi connectivity index (χ4v) is 1.20. The number of carbonyl (C=O) groups is 3. The highest BCUT2D eigenvalue weighted by atomic mass is 16.4. The minimum absolute atomic E-state index is 0.0703. The number of nitrogens with two attached hydrogens (primary N) is 1. The van der Waals surface area contributed by atoms with Crippen LogP contribution in [0.15, 0.2) is 24.3 Å². The zero-order valence-electron chi connectivity index (χ0n) is 8.58. The van der Waals surface area contributed by atoms with Crippen LogP contribution in [0.5, 0.6) is 0 Å². The molecular weight excluding hydrogens is 226 g/mol. The van der Waals surface area contributed by atoms with Crippen molar-refractivity contribution in [3.63, 3.8) is 0 Å². The Hall–Kier alpha value is -2.63. The Morgan fingerprint density at radius 3 is 2.24 bits per heavy atom. The molecule has 6 nitrogen and oxygen atoms in total. The normalized spacial score (nSPS) is 10.4. The maximum atomic E-state index is 10.9. The zero-order chi connectivity index (χ0) is 13.0. The molecule has 0 fully saturated rings. The van der Waals surface area contributed by atoms with E-state index in [9.17, 15) is 14.4 Å². The van der Waals surface area contributed by atoms with Gasteiger partial charge in [-0.2, -0.15) is 0 Å². The monoisotopic (exact) mass is 235 g/mol. The molecule has 0 spiro atoms. The lowest BCUT2D eigenvalue weighted by molar-refractivity contribution is -0.113. The summed E-state index contributed by atoms with van der Waals surface area (Å²) in [6.07, 6.45) is 2.13. The average molecular weight is 235 g/mol. The number of carboxylic acid groups (broad SMARTS) is 2. The molecule has 4 N–H and O–H groups in total. The van der Waals surface area contributed by atoms with Crippen LogP contribution in [0.2, 0.25) is 0 Å². The van der Waals surface area contributed by atoms with Gasteiger partial charge in [-0.3, -0.25) is 4.79 Å². The summed E-state index contributed by atoms with van der Waals surface area (Å²) in [5, 5.41) is 17.6. The first kappa shape index (κ1) is 12.4. The average Bonchev–Trinajstić information content (AvgIpc) is 2.25. The predicted octanol–water partition coefficient (Wildman–Crippen LogP) is 0.582. The summed E-state index contributed by atoms with van der Waals surface area (Å²) in [5.74, 6) is -3.15. The zero-order valence-corrected chi connectivity index (χ0v) is 8.58. The highest BCUT2D eigenvalue weighted by molar-refractivity contribution is 5.98.